The van der Waals surface area contributed by atoms with Crippen molar-refractivity contribution in [1.82, 2.24) is 15.6 Å². The molecule has 8 nitrogen and oxygen atoms in total. The van der Waals surface area contributed by atoms with Gasteiger partial charge in [0.2, 0.25) is 0 Å². The van der Waals surface area contributed by atoms with Crippen LogP contribution in [-0.4, -0.2) is 78.0 Å². The summed E-state index contributed by atoms with van der Waals surface area (Å²) in [6, 6.07) is 3.90. The number of ether oxygens (including phenoxy) is 5. The van der Waals surface area contributed by atoms with Gasteiger partial charge in [0, 0.05) is 38.3 Å². The Balaban J connectivity index is 1.82. The van der Waals surface area contributed by atoms with Gasteiger partial charge in [-0.2, -0.15) is 0 Å². The molecule has 0 fully saturated rings. The molecule has 1 aromatic heterocycles. The summed E-state index contributed by atoms with van der Waals surface area (Å²) in [7, 11) is 1.67. The first-order chi connectivity index (χ1) is 12.9. The summed E-state index contributed by atoms with van der Waals surface area (Å²) in [4.78, 5) is 4.66. The molecule has 0 radical (unpaired) electrons. The third-order valence-electron chi connectivity index (χ3n) is 3.72. The molecule has 2 N–H and O–H groups in total. The van der Waals surface area contributed by atoms with E-state index in [2.05, 4.69) is 15.6 Å². The summed E-state index contributed by atoms with van der Waals surface area (Å²) >= 11 is 0. The van der Waals surface area contributed by atoms with Gasteiger partial charge in [0.15, 0.2) is 0 Å². The molecule has 0 saturated heterocycles. The molecule has 1 aliphatic heterocycles. The molecule has 26 heavy (non-hydrogen) atoms. The van der Waals surface area contributed by atoms with E-state index in [4.69, 9.17) is 23.7 Å². The van der Waals surface area contributed by atoms with Gasteiger partial charge in [0.1, 0.15) is 5.75 Å². The van der Waals surface area contributed by atoms with E-state index < -0.39 is 0 Å². The summed E-state index contributed by atoms with van der Waals surface area (Å²) in [6.45, 7) is 7.59. The molecule has 1 aromatic rings. The molecule has 2 bridgehead atoms. The van der Waals surface area contributed by atoms with Crippen LogP contribution in [0.2, 0.25) is 0 Å². The number of hydrogen-bond donors (Lipinski definition) is 2. The maximum atomic E-state index is 5.53. The van der Waals surface area contributed by atoms with Crippen LogP contribution in [0.1, 0.15) is 11.4 Å². The van der Waals surface area contributed by atoms with Crippen molar-refractivity contribution in [3.05, 3.63) is 23.5 Å². The van der Waals surface area contributed by atoms with Gasteiger partial charge in [-0.3, -0.25) is 4.98 Å². The topological polar surface area (TPSA) is 83.1 Å². The summed E-state index contributed by atoms with van der Waals surface area (Å²) < 4.78 is 27.3. The van der Waals surface area contributed by atoms with Crippen molar-refractivity contribution in [2.24, 2.45) is 0 Å². The predicted octanol–water partition coefficient (Wildman–Crippen LogP) is 0.349. The van der Waals surface area contributed by atoms with E-state index in [0.717, 1.165) is 30.2 Å². The van der Waals surface area contributed by atoms with Crippen LogP contribution in [0, 0.1) is 0 Å². The van der Waals surface area contributed by atoms with Crippen LogP contribution in [0.15, 0.2) is 12.1 Å². The molecule has 0 aromatic carbocycles. The number of nitrogens with zero attached hydrogens (tertiary/aromatic N) is 1. The smallest absolute Gasteiger partial charge is 0.122 e. The maximum Gasteiger partial charge on any atom is 0.122 e. The van der Waals surface area contributed by atoms with Gasteiger partial charge in [-0.15, -0.1) is 0 Å². The SMILES string of the molecule is COc1cc2nc(c1)CNCCOCCOCCOCCOCCNC2. The zero-order valence-corrected chi connectivity index (χ0v) is 15.6. The Labute approximate surface area is 155 Å². The third kappa shape index (κ3) is 9.42. The Morgan fingerprint density at radius 2 is 1.15 bits per heavy atom. The third-order valence-corrected chi connectivity index (χ3v) is 3.72. The van der Waals surface area contributed by atoms with Crippen LogP contribution in [0.5, 0.6) is 5.75 Å². The molecule has 0 spiro atoms. The lowest BCUT2D eigenvalue weighted by molar-refractivity contribution is -0.00111. The quantitative estimate of drug-likeness (QED) is 0.734. The lowest BCUT2D eigenvalue weighted by atomic mass is 10.2. The monoisotopic (exact) mass is 369 g/mol. The zero-order chi connectivity index (χ0) is 18.3. The molecule has 2 rings (SSSR count). The Morgan fingerprint density at radius 1 is 0.731 bits per heavy atom. The van der Waals surface area contributed by atoms with Crippen molar-refractivity contribution in [2.45, 2.75) is 13.1 Å². The number of rotatable bonds is 1. The summed E-state index contributed by atoms with van der Waals surface area (Å²) in [5.74, 6) is 0.814. The van der Waals surface area contributed by atoms with Gasteiger partial charge in [0.05, 0.1) is 71.4 Å². The fraction of sp³-hybridized carbons (Fsp3) is 0.722. The van der Waals surface area contributed by atoms with Crippen LogP contribution < -0.4 is 15.4 Å². The second kappa shape index (κ2) is 13.9. The lowest BCUT2D eigenvalue weighted by Crippen LogP contribution is -2.22. The summed E-state index contributed by atoms with van der Waals surface area (Å²) in [6.07, 6.45) is 0. The molecule has 0 unspecified atom stereocenters. The average Bonchev–Trinajstić information content (AvgIpc) is 2.66. The molecule has 148 valence electrons. The van der Waals surface area contributed by atoms with Gasteiger partial charge in [-0.25, -0.2) is 0 Å². The molecule has 1 aliphatic rings. The fourth-order valence-corrected chi connectivity index (χ4v) is 2.40. The molecule has 2 heterocycles. The molecular formula is C18H31N3O5. The van der Waals surface area contributed by atoms with Crippen molar-refractivity contribution >= 4 is 0 Å². The first kappa shape index (κ1) is 21.0. The van der Waals surface area contributed by atoms with Crippen LogP contribution in [0.4, 0.5) is 0 Å². The highest BCUT2D eigenvalue weighted by Crippen LogP contribution is 2.13. The first-order valence-electron chi connectivity index (χ1n) is 9.15. The largest absolute Gasteiger partial charge is 0.497 e. The molecular weight excluding hydrogens is 338 g/mol. The summed E-state index contributed by atoms with van der Waals surface area (Å²) in [5, 5.41) is 6.66. The maximum absolute atomic E-state index is 5.53. The van der Waals surface area contributed by atoms with Crippen molar-refractivity contribution in [1.29, 1.82) is 0 Å². The highest BCUT2D eigenvalue weighted by atomic mass is 16.6. The van der Waals surface area contributed by atoms with E-state index in [0.29, 0.717) is 65.9 Å². The molecule has 0 saturated carbocycles. The average molecular weight is 369 g/mol. The highest BCUT2D eigenvalue weighted by molar-refractivity contribution is 5.27. The Morgan fingerprint density at radius 3 is 1.58 bits per heavy atom. The normalized spacial score (nSPS) is 20.0. The highest BCUT2D eigenvalue weighted by Gasteiger charge is 2.04. The first-order valence-corrected chi connectivity index (χ1v) is 9.15. The summed E-state index contributed by atoms with van der Waals surface area (Å²) in [5.41, 5.74) is 1.90. The molecule has 0 atom stereocenters. The minimum absolute atomic E-state index is 0.576. The van der Waals surface area contributed by atoms with E-state index in [9.17, 15) is 0 Å². The molecule has 8 heteroatoms. The van der Waals surface area contributed by atoms with E-state index >= 15 is 0 Å². The minimum atomic E-state index is 0.576. The number of aromatic nitrogens is 1. The standard InChI is InChI=1S/C18H31N3O5/c1-22-18-12-16-14-19-2-4-23-6-8-25-10-11-26-9-7-24-5-3-20-15-17(13-18)21-16/h12-13,19-20H,2-11,14-15H2,1H3. The second-order valence-electron chi connectivity index (χ2n) is 5.79. The Kier molecular flexibility index (Phi) is 11.2. The number of fused-ring (bicyclic) bond motifs is 2. The minimum Gasteiger partial charge on any atom is -0.497 e. The van der Waals surface area contributed by atoms with Gasteiger partial charge >= 0.3 is 0 Å². The number of methoxy groups -OCH3 is 1. The van der Waals surface area contributed by atoms with Crippen molar-refractivity contribution in [3.63, 3.8) is 0 Å². The Bertz CT molecular complexity index is 452. The molecule has 0 aliphatic carbocycles. The van der Waals surface area contributed by atoms with Crippen LogP contribution >= 0.6 is 0 Å². The number of pyridine rings is 1. The van der Waals surface area contributed by atoms with Gasteiger partial charge in [-0.1, -0.05) is 0 Å². The van der Waals surface area contributed by atoms with Gasteiger partial charge < -0.3 is 34.3 Å². The van der Waals surface area contributed by atoms with E-state index in [1.54, 1.807) is 7.11 Å². The van der Waals surface area contributed by atoms with E-state index in [1.165, 1.54) is 0 Å². The fourth-order valence-electron chi connectivity index (χ4n) is 2.40. The lowest BCUT2D eigenvalue weighted by Gasteiger charge is -2.10. The van der Waals surface area contributed by atoms with Crippen LogP contribution in [0.25, 0.3) is 0 Å². The number of nitrogens with one attached hydrogen (secondary N) is 2. The van der Waals surface area contributed by atoms with Crippen LogP contribution in [0.3, 0.4) is 0 Å². The number of hydrogen-bond acceptors (Lipinski definition) is 8. The van der Waals surface area contributed by atoms with E-state index in [-0.39, 0.29) is 0 Å². The predicted molar refractivity (Wildman–Crippen MR) is 97.5 cm³/mol. The van der Waals surface area contributed by atoms with Crippen molar-refractivity contribution < 1.29 is 23.7 Å². The zero-order valence-electron chi connectivity index (χ0n) is 15.6. The van der Waals surface area contributed by atoms with Gasteiger partial charge in [-0.05, 0) is 0 Å². The Hall–Kier alpha value is -1.29. The van der Waals surface area contributed by atoms with Crippen molar-refractivity contribution in [2.75, 3.05) is 73.1 Å². The van der Waals surface area contributed by atoms with Gasteiger partial charge in [0.25, 0.3) is 0 Å². The second-order valence-corrected chi connectivity index (χ2v) is 5.79. The van der Waals surface area contributed by atoms with Crippen LogP contribution in [-0.2, 0) is 32.0 Å². The van der Waals surface area contributed by atoms with Crippen molar-refractivity contribution in [3.8, 4) is 5.75 Å². The van der Waals surface area contributed by atoms with E-state index in [1.807, 2.05) is 12.1 Å². The molecule has 0 amide bonds.